The van der Waals surface area contributed by atoms with Gasteiger partial charge in [-0.05, 0) is 24.6 Å². The quantitative estimate of drug-likeness (QED) is 0.800. The third-order valence-corrected chi connectivity index (χ3v) is 3.52. The van der Waals surface area contributed by atoms with Crippen LogP contribution < -0.4 is 15.4 Å². The molecule has 1 unspecified atom stereocenters. The molecule has 0 bridgehead atoms. The number of hydrogen-bond donors (Lipinski definition) is 2. The van der Waals surface area contributed by atoms with Gasteiger partial charge in [-0.25, -0.2) is 4.79 Å². The summed E-state index contributed by atoms with van der Waals surface area (Å²) in [5.41, 5.74) is -1.23. The highest BCUT2D eigenvalue weighted by Gasteiger charge is 2.49. The van der Waals surface area contributed by atoms with Crippen LogP contribution >= 0.6 is 0 Å². The number of urea groups is 1. The van der Waals surface area contributed by atoms with E-state index >= 15 is 0 Å². The minimum absolute atomic E-state index is 0.259. The van der Waals surface area contributed by atoms with Crippen molar-refractivity contribution in [1.29, 1.82) is 0 Å². The maximum Gasteiger partial charge on any atom is 0.573 e. The van der Waals surface area contributed by atoms with Crippen LogP contribution in [0.5, 0.6) is 5.75 Å². The summed E-state index contributed by atoms with van der Waals surface area (Å²) in [6, 6.07) is 3.79. The van der Waals surface area contributed by atoms with Crippen molar-refractivity contribution in [2.75, 3.05) is 13.6 Å². The lowest BCUT2D eigenvalue weighted by Gasteiger charge is -2.22. The molecule has 0 aliphatic carbocycles. The van der Waals surface area contributed by atoms with Crippen molar-refractivity contribution in [3.8, 4) is 5.75 Å². The maximum atomic E-state index is 12.5. The fourth-order valence-electron chi connectivity index (χ4n) is 2.25. The molecule has 0 spiro atoms. The minimum atomic E-state index is -4.83. The fourth-order valence-corrected chi connectivity index (χ4v) is 2.25. The second kappa shape index (κ2) is 6.02. The number of alkyl halides is 3. The van der Waals surface area contributed by atoms with Crippen LogP contribution in [0.1, 0.15) is 12.5 Å². The van der Waals surface area contributed by atoms with Crippen molar-refractivity contribution in [2.45, 2.75) is 18.8 Å². The zero-order valence-corrected chi connectivity index (χ0v) is 12.7. The molecule has 1 aromatic carbocycles. The molecule has 4 amide bonds. The van der Waals surface area contributed by atoms with Crippen molar-refractivity contribution in [3.63, 3.8) is 0 Å². The predicted molar refractivity (Wildman–Crippen MR) is 74.8 cm³/mol. The number of nitrogens with one attached hydrogen (secondary N) is 2. The average Bonchev–Trinajstić information content (AvgIpc) is 2.70. The van der Waals surface area contributed by atoms with Gasteiger partial charge in [-0.2, -0.15) is 0 Å². The number of ether oxygens (including phenoxy) is 1. The molecule has 1 saturated heterocycles. The van der Waals surface area contributed by atoms with Gasteiger partial charge in [0.25, 0.3) is 5.91 Å². The summed E-state index contributed by atoms with van der Waals surface area (Å²) in [6.45, 7) is 0.947. The summed E-state index contributed by atoms with van der Waals surface area (Å²) < 4.78 is 40.2. The number of carbonyl (C=O) groups is 3. The van der Waals surface area contributed by atoms with Gasteiger partial charge in [-0.3, -0.25) is 14.5 Å². The highest BCUT2D eigenvalue weighted by Crippen LogP contribution is 2.31. The van der Waals surface area contributed by atoms with E-state index in [2.05, 4.69) is 15.4 Å². The normalized spacial score (nSPS) is 20.8. The smallest absolute Gasteiger partial charge is 0.406 e. The molecule has 1 heterocycles. The number of nitrogens with zero attached hydrogens (tertiary/aromatic N) is 1. The minimum Gasteiger partial charge on any atom is -0.406 e. The SMILES string of the molecule is CNC(=O)CN1C(=O)NC(C)(c2ccc(OC(F)(F)F)cc2)C1=O. The van der Waals surface area contributed by atoms with Gasteiger partial charge < -0.3 is 15.4 Å². The van der Waals surface area contributed by atoms with Crippen LogP contribution in [-0.2, 0) is 15.1 Å². The Kier molecular flexibility index (Phi) is 4.41. The third kappa shape index (κ3) is 3.42. The molecule has 130 valence electrons. The second-order valence-electron chi connectivity index (χ2n) is 5.19. The third-order valence-electron chi connectivity index (χ3n) is 3.52. The van der Waals surface area contributed by atoms with Crippen LogP contribution in [0.3, 0.4) is 0 Å². The van der Waals surface area contributed by atoms with Crippen molar-refractivity contribution in [3.05, 3.63) is 29.8 Å². The summed E-state index contributed by atoms with van der Waals surface area (Å²) in [7, 11) is 1.36. The molecule has 2 rings (SSSR count). The molecule has 1 aliphatic rings. The first kappa shape index (κ1) is 17.6. The molecule has 0 aromatic heterocycles. The maximum absolute atomic E-state index is 12.5. The first-order valence-electron chi connectivity index (χ1n) is 6.78. The molecular weight excluding hydrogens is 331 g/mol. The fraction of sp³-hybridized carbons (Fsp3) is 0.357. The second-order valence-corrected chi connectivity index (χ2v) is 5.19. The van der Waals surface area contributed by atoms with Gasteiger partial charge in [0.2, 0.25) is 5.91 Å². The molecule has 1 atom stereocenters. The lowest BCUT2D eigenvalue weighted by molar-refractivity contribution is -0.274. The average molecular weight is 345 g/mol. The summed E-state index contributed by atoms with van der Waals surface area (Å²) in [5.74, 6) is -1.66. The Labute approximate surface area is 134 Å². The lowest BCUT2D eigenvalue weighted by Crippen LogP contribution is -2.42. The Balaban J connectivity index is 2.23. The van der Waals surface area contributed by atoms with E-state index < -0.39 is 42.0 Å². The van der Waals surface area contributed by atoms with E-state index in [1.54, 1.807) is 0 Å². The Hall–Kier alpha value is -2.78. The van der Waals surface area contributed by atoms with E-state index in [-0.39, 0.29) is 5.56 Å². The highest BCUT2D eigenvalue weighted by atomic mass is 19.4. The number of benzene rings is 1. The van der Waals surface area contributed by atoms with Gasteiger partial charge in [0.05, 0.1) is 0 Å². The van der Waals surface area contributed by atoms with E-state index in [0.717, 1.165) is 17.0 Å². The molecule has 0 saturated carbocycles. The highest BCUT2D eigenvalue weighted by molar-refractivity contribution is 6.09. The Bertz CT molecular complexity index is 675. The van der Waals surface area contributed by atoms with E-state index in [1.165, 1.54) is 26.1 Å². The van der Waals surface area contributed by atoms with E-state index in [0.29, 0.717) is 0 Å². The van der Waals surface area contributed by atoms with Gasteiger partial charge in [0, 0.05) is 7.05 Å². The molecule has 1 aliphatic heterocycles. The number of halogens is 3. The van der Waals surface area contributed by atoms with Crippen molar-refractivity contribution in [2.24, 2.45) is 0 Å². The standard InChI is InChI=1S/C14H14F3N3O4/c1-13(8-3-5-9(6-4-8)24-14(15,16)17)11(22)20(12(23)19-13)7-10(21)18-2/h3-6H,7H2,1-2H3,(H,18,21)(H,19,23). The first-order valence-corrected chi connectivity index (χ1v) is 6.78. The van der Waals surface area contributed by atoms with E-state index in [9.17, 15) is 27.6 Å². The summed E-state index contributed by atoms with van der Waals surface area (Å²) in [6.07, 6.45) is -4.83. The topological polar surface area (TPSA) is 87.7 Å². The number of likely N-dealkylation sites (N-methyl/N-ethyl adjacent to an activating group) is 1. The van der Waals surface area contributed by atoms with Crippen molar-refractivity contribution in [1.82, 2.24) is 15.5 Å². The van der Waals surface area contributed by atoms with Crippen LogP contribution in [0.25, 0.3) is 0 Å². The summed E-state index contributed by atoms with van der Waals surface area (Å²) >= 11 is 0. The predicted octanol–water partition coefficient (Wildman–Crippen LogP) is 1.10. The molecule has 24 heavy (non-hydrogen) atoms. The number of imide groups is 1. The van der Waals surface area contributed by atoms with E-state index in [4.69, 9.17) is 0 Å². The van der Waals surface area contributed by atoms with Crippen LogP contribution in [0.2, 0.25) is 0 Å². The van der Waals surface area contributed by atoms with Crippen LogP contribution in [0, 0.1) is 0 Å². The van der Waals surface area contributed by atoms with Crippen LogP contribution in [-0.4, -0.2) is 42.7 Å². The molecule has 1 aromatic rings. The van der Waals surface area contributed by atoms with Crippen LogP contribution in [0.4, 0.5) is 18.0 Å². The zero-order valence-electron chi connectivity index (χ0n) is 12.7. The number of hydrogen-bond acceptors (Lipinski definition) is 4. The molecule has 0 radical (unpaired) electrons. The monoisotopic (exact) mass is 345 g/mol. The van der Waals surface area contributed by atoms with Crippen molar-refractivity contribution >= 4 is 17.8 Å². The van der Waals surface area contributed by atoms with Gasteiger partial charge in [0.1, 0.15) is 17.8 Å². The van der Waals surface area contributed by atoms with Gasteiger partial charge in [-0.15, -0.1) is 13.2 Å². The Morgan fingerprint density at radius 2 is 1.88 bits per heavy atom. The van der Waals surface area contributed by atoms with Crippen LogP contribution in [0.15, 0.2) is 24.3 Å². The molecular formula is C14H14F3N3O4. The Morgan fingerprint density at radius 1 is 1.29 bits per heavy atom. The summed E-state index contributed by atoms with van der Waals surface area (Å²) in [5, 5.41) is 4.73. The number of amides is 4. The van der Waals surface area contributed by atoms with E-state index in [1.807, 2.05) is 0 Å². The Morgan fingerprint density at radius 3 is 2.38 bits per heavy atom. The molecule has 2 N–H and O–H groups in total. The van der Waals surface area contributed by atoms with Crippen molar-refractivity contribution < 1.29 is 32.3 Å². The molecule has 1 fully saturated rings. The molecule has 10 heteroatoms. The number of carbonyl (C=O) groups excluding carboxylic acids is 3. The molecule has 7 nitrogen and oxygen atoms in total. The number of rotatable bonds is 4. The van der Waals surface area contributed by atoms with Gasteiger partial charge in [0.15, 0.2) is 0 Å². The first-order chi connectivity index (χ1) is 11.1. The largest absolute Gasteiger partial charge is 0.573 e. The van der Waals surface area contributed by atoms with Gasteiger partial charge in [-0.1, -0.05) is 12.1 Å². The summed E-state index contributed by atoms with van der Waals surface area (Å²) in [4.78, 5) is 36.5. The van der Waals surface area contributed by atoms with Gasteiger partial charge >= 0.3 is 12.4 Å². The zero-order chi connectivity index (χ0) is 18.1. The lowest BCUT2D eigenvalue weighted by atomic mass is 9.92.